The number of allylic oxidation sites excluding steroid dienone is 1. The quantitative estimate of drug-likeness (QED) is 0.573. The van der Waals surface area contributed by atoms with Gasteiger partial charge in [-0.1, -0.05) is 29.8 Å². The molecule has 0 fully saturated rings. The predicted molar refractivity (Wildman–Crippen MR) is 92.0 cm³/mol. The molecule has 1 aromatic rings. The normalized spacial score (nSPS) is 14.6. The first-order chi connectivity index (χ1) is 10.2. The maximum Gasteiger partial charge on any atom is 0.180 e. The first kappa shape index (κ1) is 16.1. The molecule has 0 spiro atoms. The Balaban J connectivity index is 1.90. The third kappa shape index (κ3) is 5.19. The molecule has 2 rings (SSSR count). The van der Waals surface area contributed by atoms with Gasteiger partial charge < -0.3 is 10.2 Å². The van der Waals surface area contributed by atoms with Gasteiger partial charge >= 0.3 is 0 Å². The minimum absolute atomic E-state index is 0.593. The molecule has 21 heavy (non-hydrogen) atoms. The van der Waals surface area contributed by atoms with Crippen molar-refractivity contribution in [3.63, 3.8) is 0 Å². The minimum atomic E-state index is 0.593. The van der Waals surface area contributed by atoms with Crippen molar-refractivity contribution in [3.8, 4) is 0 Å². The fraction of sp³-hybridized carbons (Fsp3) is 0.400. The lowest BCUT2D eigenvalue weighted by Crippen LogP contribution is -2.45. The molecule has 1 heterocycles. The summed E-state index contributed by atoms with van der Waals surface area (Å²) in [6.45, 7) is 2.73. The number of rotatable bonds is 5. The molecule has 1 aliphatic rings. The second-order valence-corrected chi connectivity index (χ2v) is 5.79. The predicted octanol–water partition coefficient (Wildman–Crippen LogP) is 2.42. The number of hydrogen-bond donors (Lipinski definition) is 3. The topological polar surface area (TPSA) is 39.3 Å². The van der Waals surface area contributed by atoms with Gasteiger partial charge in [-0.15, -0.1) is 0 Å². The lowest BCUT2D eigenvalue weighted by atomic mass is 10.1. The summed E-state index contributed by atoms with van der Waals surface area (Å²) in [6.07, 6.45) is 4.61. The molecular formula is C15H21ClN4S. The third-order valence-electron chi connectivity index (χ3n) is 3.40. The summed E-state index contributed by atoms with van der Waals surface area (Å²) in [5, 5.41) is 4.24. The van der Waals surface area contributed by atoms with Gasteiger partial charge in [0, 0.05) is 30.9 Å². The Bertz CT molecular complexity index is 501. The Kier molecular flexibility index (Phi) is 6.29. The first-order valence-corrected chi connectivity index (χ1v) is 7.86. The Hall–Kier alpha value is -1.30. The average molecular weight is 325 g/mol. The van der Waals surface area contributed by atoms with Gasteiger partial charge in [-0.3, -0.25) is 5.43 Å². The van der Waals surface area contributed by atoms with Crippen LogP contribution in [0, 0.1) is 0 Å². The SMILES string of the molecule is CNC(=S)NNCC1=CCCCN1Cc1ccc(Cl)cc1. The summed E-state index contributed by atoms with van der Waals surface area (Å²) in [5.74, 6) is 0. The maximum absolute atomic E-state index is 5.93. The fourth-order valence-electron chi connectivity index (χ4n) is 2.28. The lowest BCUT2D eigenvalue weighted by Gasteiger charge is -2.31. The van der Waals surface area contributed by atoms with Gasteiger partial charge in [-0.05, 0) is 42.8 Å². The summed E-state index contributed by atoms with van der Waals surface area (Å²) in [5.41, 5.74) is 8.67. The molecule has 0 saturated carbocycles. The van der Waals surface area contributed by atoms with Crippen LogP contribution in [-0.2, 0) is 6.54 Å². The van der Waals surface area contributed by atoms with Gasteiger partial charge in [-0.2, -0.15) is 0 Å². The van der Waals surface area contributed by atoms with E-state index in [4.69, 9.17) is 23.8 Å². The molecule has 3 N–H and O–H groups in total. The zero-order valence-electron chi connectivity index (χ0n) is 12.2. The van der Waals surface area contributed by atoms with Gasteiger partial charge in [0.1, 0.15) is 0 Å². The van der Waals surface area contributed by atoms with Crippen LogP contribution >= 0.6 is 23.8 Å². The second kappa shape index (κ2) is 8.22. The highest BCUT2D eigenvalue weighted by Crippen LogP contribution is 2.18. The van der Waals surface area contributed by atoms with Crippen molar-refractivity contribution in [2.24, 2.45) is 0 Å². The molecule has 1 aromatic carbocycles. The number of benzene rings is 1. The fourth-order valence-corrected chi connectivity index (χ4v) is 2.47. The summed E-state index contributed by atoms with van der Waals surface area (Å²) in [6, 6.07) is 8.04. The Morgan fingerprint density at radius 1 is 1.33 bits per heavy atom. The third-order valence-corrected chi connectivity index (χ3v) is 3.96. The molecule has 1 aliphatic heterocycles. The van der Waals surface area contributed by atoms with Crippen LogP contribution in [0.5, 0.6) is 0 Å². The van der Waals surface area contributed by atoms with Crippen molar-refractivity contribution in [1.29, 1.82) is 0 Å². The van der Waals surface area contributed by atoms with Crippen LogP contribution in [0.4, 0.5) is 0 Å². The van der Waals surface area contributed by atoms with Gasteiger partial charge in [-0.25, -0.2) is 5.43 Å². The van der Waals surface area contributed by atoms with Gasteiger partial charge in [0.15, 0.2) is 5.11 Å². The molecule has 0 aliphatic carbocycles. The molecule has 0 radical (unpaired) electrons. The van der Waals surface area contributed by atoms with E-state index in [9.17, 15) is 0 Å². The molecule has 114 valence electrons. The number of nitrogens with zero attached hydrogens (tertiary/aromatic N) is 1. The van der Waals surface area contributed by atoms with Crippen molar-refractivity contribution in [3.05, 3.63) is 46.6 Å². The highest BCUT2D eigenvalue weighted by atomic mass is 35.5. The van der Waals surface area contributed by atoms with Crippen LogP contribution in [0.1, 0.15) is 18.4 Å². The smallest absolute Gasteiger partial charge is 0.180 e. The molecule has 0 amide bonds. The van der Waals surface area contributed by atoms with E-state index in [0.717, 1.165) is 31.1 Å². The molecule has 0 unspecified atom stereocenters. The molecule has 0 bridgehead atoms. The standard InChI is InChI=1S/C15H21ClN4S/c1-17-15(21)19-18-10-14-4-2-3-9-20(14)11-12-5-7-13(16)8-6-12/h4-8,18H,2-3,9-11H2,1H3,(H2,17,19,21). The van der Waals surface area contributed by atoms with E-state index in [1.807, 2.05) is 12.1 Å². The van der Waals surface area contributed by atoms with E-state index in [2.05, 4.69) is 39.3 Å². The average Bonchev–Trinajstić information content (AvgIpc) is 2.51. The first-order valence-electron chi connectivity index (χ1n) is 7.08. The highest BCUT2D eigenvalue weighted by Gasteiger charge is 2.13. The molecule has 0 atom stereocenters. The Morgan fingerprint density at radius 2 is 2.10 bits per heavy atom. The summed E-state index contributed by atoms with van der Waals surface area (Å²) in [7, 11) is 1.80. The summed E-state index contributed by atoms with van der Waals surface area (Å²) in [4.78, 5) is 2.39. The minimum Gasteiger partial charge on any atom is -0.370 e. The molecule has 0 aromatic heterocycles. The zero-order chi connectivity index (χ0) is 15.1. The number of thiocarbonyl (C=S) groups is 1. The monoisotopic (exact) mass is 324 g/mol. The van der Waals surface area contributed by atoms with Crippen molar-refractivity contribution in [2.75, 3.05) is 20.1 Å². The Morgan fingerprint density at radius 3 is 2.81 bits per heavy atom. The second-order valence-electron chi connectivity index (χ2n) is 4.94. The number of halogens is 1. The highest BCUT2D eigenvalue weighted by molar-refractivity contribution is 7.80. The number of nitrogens with one attached hydrogen (secondary N) is 3. The molecule has 4 nitrogen and oxygen atoms in total. The van der Waals surface area contributed by atoms with E-state index < -0.39 is 0 Å². The summed E-state index contributed by atoms with van der Waals surface area (Å²) < 4.78 is 0. The van der Waals surface area contributed by atoms with Crippen LogP contribution in [0.2, 0.25) is 5.02 Å². The van der Waals surface area contributed by atoms with Crippen LogP contribution in [0.15, 0.2) is 36.0 Å². The van der Waals surface area contributed by atoms with E-state index in [-0.39, 0.29) is 0 Å². The largest absolute Gasteiger partial charge is 0.370 e. The lowest BCUT2D eigenvalue weighted by molar-refractivity contribution is 0.304. The molecular weight excluding hydrogens is 304 g/mol. The van der Waals surface area contributed by atoms with E-state index in [0.29, 0.717) is 5.11 Å². The maximum atomic E-state index is 5.93. The number of hydrazine groups is 1. The van der Waals surface area contributed by atoms with Crippen LogP contribution in [0.25, 0.3) is 0 Å². The molecule has 0 saturated heterocycles. The van der Waals surface area contributed by atoms with Gasteiger partial charge in [0.2, 0.25) is 0 Å². The van der Waals surface area contributed by atoms with Gasteiger partial charge in [0.25, 0.3) is 0 Å². The van der Waals surface area contributed by atoms with Crippen molar-refractivity contribution in [2.45, 2.75) is 19.4 Å². The van der Waals surface area contributed by atoms with Crippen LogP contribution < -0.4 is 16.2 Å². The number of hydrogen-bond acceptors (Lipinski definition) is 3. The van der Waals surface area contributed by atoms with Crippen molar-refractivity contribution >= 4 is 28.9 Å². The van der Waals surface area contributed by atoms with Crippen molar-refractivity contribution < 1.29 is 0 Å². The van der Waals surface area contributed by atoms with E-state index >= 15 is 0 Å². The van der Waals surface area contributed by atoms with Gasteiger partial charge in [0.05, 0.1) is 6.54 Å². The van der Waals surface area contributed by atoms with Crippen molar-refractivity contribution in [1.82, 2.24) is 21.1 Å². The van der Waals surface area contributed by atoms with Crippen LogP contribution in [0.3, 0.4) is 0 Å². The summed E-state index contributed by atoms with van der Waals surface area (Å²) >= 11 is 11.0. The Labute approximate surface area is 136 Å². The van der Waals surface area contributed by atoms with E-state index in [1.165, 1.54) is 17.7 Å². The van der Waals surface area contributed by atoms with Crippen LogP contribution in [-0.4, -0.2) is 30.1 Å². The van der Waals surface area contributed by atoms with E-state index in [1.54, 1.807) is 7.05 Å². The molecule has 6 heteroatoms. The zero-order valence-corrected chi connectivity index (χ0v) is 13.7.